The summed E-state index contributed by atoms with van der Waals surface area (Å²) in [6.07, 6.45) is 3.33. The highest BCUT2D eigenvalue weighted by atomic mass is 79.9. The molecule has 5 nitrogen and oxygen atoms in total. The van der Waals surface area contributed by atoms with E-state index in [1.54, 1.807) is 22.6 Å². The molecule has 0 spiro atoms. The fraction of sp³-hybridized carbons (Fsp3) is 0.278. The Morgan fingerprint density at radius 1 is 1.12 bits per heavy atom. The minimum absolute atomic E-state index is 0.312. The van der Waals surface area contributed by atoms with Crippen molar-refractivity contribution < 1.29 is 8.42 Å². The molecular weight excluding hydrogens is 402 g/mol. The highest BCUT2D eigenvalue weighted by Gasteiger charge is 2.30. The van der Waals surface area contributed by atoms with Gasteiger partial charge in [-0.2, -0.15) is 9.40 Å². The fourth-order valence-corrected chi connectivity index (χ4v) is 5.69. The fourth-order valence-electron chi connectivity index (χ4n) is 3.44. The molecular formula is C18H18BrN3O2S. The number of halogens is 1. The minimum Gasteiger partial charge on any atom is -0.277 e. The number of benzene rings is 2. The van der Waals surface area contributed by atoms with Crippen molar-refractivity contribution in [3.8, 4) is 0 Å². The average molecular weight is 420 g/mol. The van der Waals surface area contributed by atoms with E-state index in [2.05, 4.69) is 38.3 Å². The van der Waals surface area contributed by atoms with Crippen LogP contribution in [0.1, 0.15) is 24.3 Å². The van der Waals surface area contributed by atoms with Crippen molar-refractivity contribution >= 4 is 36.9 Å². The molecule has 1 N–H and O–H groups in total. The Morgan fingerprint density at radius 2 is 1.84 bits per heavy atom. The number of aromatic amines is 1. The molecule has 130 valence electrons. The maximum absolute atomic E-state index is 13.0. The van der Waals surface area contributed by atoms with Crippen molar-refractivity contribution in [1.29, 1.82) is 0 Å². The lowest BCUT2D eigenvalue weighted by atomic mass is 9.90. The summed E-state index contributed by atoms with van der Waals surface area (Å²) in [7, 11) is -3.50. The molecule has 2 heterocycles. The van der Waals surface area contributed by atoms with Crippen LogP contribution in [-0.2, 0) is 10.0 Å². The summed E-state index contributed by atoms with van der Waals surface area (Å²) < 4.78 is 28.4. The van der Waals surface area contributed by atoms with Gasteiger partial charge < -0.3 is 0 Å². The van der Waals surface area contributed by atoms with E-state index >= 15 is 0 Å². The highest BCUT2D eigenvalue weighted by Crippen LogP contribution is 2.32. The second-order valence-corrected chi connectivity index (χ2v) is 9.12. The third-order valence-electron chi connectivity index (χ3n) is 4.84. The number of aromatic nitrogens is 2. The van der Waals surface area contributed by atoms with E-state index in [4.69, 9.17) is 0 Å². The van der Waals surface area contributed by atoms with Crippen LogP contribution >= 0.6 is 15.9 Å². The first-order valence-corrected chi connectivity index (χ1v) is 10.5. The average Bonchev–Trinajstić information content (AvgIpc) is 3.12. The number of rotatable bonds is 3. The molecule has 0 saturated carbocycles. The molecule has 0 bridgehead atoms. The number of piperidine rings is 1. The van der Waals surface area contributed by atoms with E-state index in [1.807, 2.05) is 18.2 Å². The zero-order chi connectivity index (χ0) is 17.4. The van der Waals surface area contributed by atoms with E-state index in [0.29, 0.717) is 28.4 Å². The summed E-state index contributed by atoms with van der Waals surface area (Å²) in [5.74, 6) is 0.427. The summed E-state index contributed by atoms with van der Waals surface area (Å²) in [5.41, 5.74) is 2.10. The van der Waals surface area contributed by atoms with Crippen molar-refractivity contribution in [2.45, 2.75) is 23.7 Å². The monoisotopic (exact) mass is 419 g/mol. The van der Waals surface area contributed by atoms with Crippen LogP contribution in [0, 0.1) is 0 Å². The number of H-pyrrole nitrogens is 1. The SMILES string of the molecule is O=S(=O)(c1cc(Br)c2[nH]ncc2c1)N1CCC(c2ccccc2)CC1. The van der Waals surface area contributed by atoms with Crippen molar-refractivity contribution in [3.05, 3.63) is 58.7 Å². The van der Waals surface area contributed by atoms with Gasteiger partial charge in [-0.3, -0.25) is 5.10 Å². The Balaban J connectivity index is 1.57. The first-order valence-electron chi connectivity index (χ1n) is 8.23. The topological polar surface area (TPSA) is 66.1 Å². The van der Waals surface area contributed by atoms with Crippen LogP contribution in [0.15, 0.2) is 58.0 Å². The molecule has 1 fully saturated rings. The van der Waals surface area contributed by atoms with E-state index in [0.717, 1.165) is 23.7 Å². The van der Waals surface area contributed by atoms with E-state index in [1.165, 1.54) is 5.56 Å². The number of fused-ring (bicyclic) bond motifs is 1. The van der Waals surface area contributed by atoms with Crippen molar-refractivity contribution in [2.75, 3.05) is 13.1 Å². The molecule has 0 amide bonds. The maximum atomic E-state index is 13.0. The maximum Gasteiger partial charge on any atom is 0.243 e. The van der Waals surface area contributed by atoms with Crippen LogP contribution in [-0.4, -0.2) is 36.0 Å². The van der Waals surface area contributed by atoms with Gasteiger partial charge in [0.05, 0.1) is 16.6 Å². The Bertz CT molecular complexity index is 994. The number of nitrogens with one attached hydrogen (secondary N) is 1. The third kappa shape index (κ3) is 3.12. The number of sulfonamides is 1. The van der Waals surface area contributed by atoms with Crippen LogP contribution in [0.5, 0.6) is 0 Å². The van der Waals surface area contributed by atoms with Crippen molar-refractivity contribution in [1.82, 2.24) is 14.5 Å². The first kappa shape index (κ1) is 16.8. The van der Waals surface area contributed by atoms with Gasteiger partial charge in [0.25, 0.3) is 0 Å². The quantitative estimate of drug-likeness (QED) is 0.699. The van der Waals surface area contributed by atoms with Gasteiger partial charge in [-0.25, -0.2) is 8.42 Å². The first-order chi connectivity index (χ1) is 12.1. The smallest absolute Gasteiger partial charge is 0.243 e. The van der Waals surface area contributed by atoms with Gasteiger partial charge in [0, 0.05) is 22.9 Å². The van der Waals surface area contributed by atoms with Crippen molar-refractivity contribution in [2.24, 2.45) is 0 Å². The summed E-state index contributed by atoms with van der Waals surface area (Å²) in [6.45, 7) is 1.09. The molecule has 1 aliphatic rings. The van der Waals surface area contributed by atoms with E-state index in [9.17, 15) is 8.42 Å². The van der Waals surface area contributed by atoms with Gasteiger partial charge in [-0.05, 0) is 52.4 Å². The van der Waals surface area contributed by atoms with Crippen LogP contribution in [0.3, 0.4) is 0 Å². The van der Waals surface area contributed by atoms with Gasteiger partial charge in [0.2, 0.25) is 10.0 Å². The molecule has 0 unspecified atom stereocenters. The lowest BCUT2D eigenvalue weighted by Gasteiger charge is -2.31. The zero-order valence-electron chi connectivity index (χ0n) is 13.5. The molecule has 0 radical (unpaired) electrons. The summed E-state index contributed by atoms with van der Waals surface area (Å²) in [4.78, 5) is 0.312. The molecule has 2 aromatic carbocycles. The number of nitrogens with zero attached hydrogens (tertiary/aromatic N) is 2. The predicted octanol–water partition coefficient (Wildman–Crippen LogP) is 3.89. The highest BCUT2D eigenvalue weighted by molar-refractivity contribution is 9.10. The van der Waals surface area contributed by atoms with Crippen LogP contribution in [0.2, 0.25) is 0 Å². The van der Waals surface area contributed by atoms with Gasteiger partial charge in [0.1, 0.15) is 0 Å². The standard InChI is InChI=1S/C18H18BrN3O2S/c19-17-11-16(10-15-12-20-21-18(15)17)25(23,24)22-8-6-14(7-9-22)13-4-2-1-3-5-13/h1-5,10-12,14H,6-9H2,(H,20,21). The van der Waals surface area contributed by atoms with E-state index in [-0.39, 0.29) is 0 Å². The Morgan fingerprint density at radius 3 is 2.56 bits per heavy atom. The second-order valence-electron chi connectivity index (χ2n) is 6.33. The number of hydrogen-bond acceptors (Lipinski definition) is 3. The lowest BCUT2D eigenvalue weighted by molar-refractivity contribution is 0.319. The molecule has 3 aromatic rings. The summed E-state index contributed by atoms with van der Waals surface area (Å²) in [5, 5.41) is 7.63. The van der Waals surface area contributed by atoms with Crippen LogP contribution in [0.25, 0.3) is 10.9 Å². The minimum atomic E-state index is -3.50. The third-order valence-corrected chi connectivity index (χ3v) is 7.34. The van der Waals surface area contributed by atoms with Gasteiger partial charge in [-0.15, -0.1) is 0 Å². The molecule has 0 aliphatic carbocycles. The molecule has 1 aliphatic heterocycles. The predicted molar refractivity (Wildman–Crippen MR) is 101 cm³/mol. The molecule has 25 heavy (non-hydrogen) atoms. The number of hydrogen-bond donors (Lipinski definition) is 1. The molecule has 4 rings (SSSR count). The van der Waals surface area contributed by atoms with Gasteiger partial charge >= 0.3 is 0 Å². The lowest BCUT2D eigenvalue weighted by Crippen LogP contribution is -2.37. The summed E-state index contributed by atoms with van der Waals surface area (Å²) in [6, 6.07) is 13.7. The van der Waals surface area contributed by atoms with Gasteiger partial charge in [0.15, 0.2) is 0 Å². The van der Waals surface area contributed by atoms with Gasteiger partial charge in [-0.1, -0.05) is 30.3 Å². The Hall–Kier alpha value is -1.70. The second kappa shape index (κ2) is 6.55. The zero-order valence-corrected chi connectivity index (χ0v) is 15.9. The Kier molecular flexibility index (Phi) is 4.39. The van der Waals surface area contributed by atoms with E-state index < -0.39 is 10.0 Å². The van der Waals surface area contributed by atoms with Crippen LogP contribution in [0.4, 0.5) is 0 Å². The Labute approximate surface area is 155 Å². The molecule has 1 aromatic heterocycles. The molecule has 1 saturated heterocycles. The van der Waals surface area contributed by atoms with Crippen LogP contribution < -0.4 is 0 Å². The molecule has 0 atom stereocenters. The molecule has 7 heteroatoms. The summed E-state index contributed by atoms with van der Waals surface area (Å²) >= 11 is 3.43. The van der Waals surface area contributed by atoms with Crippen molar-refractivity contribution in [3.63, 3.8) is 0 Å². The largest absolute Gasteiger partial charge is 0.277 e. The normalized spacial score (nSPS) is 17.2.